The minimum absolute atomic E-state index is 0.677. The summed E-state index contributed by atoms with van der Waals surface area (Å²) in [5.74, 6) is 0.744. The first-order valence-corrected chi connectivity index (χ1v) is 5.55. The monoisotopic (exact) mass is 223 g/mol. The van der Waals surface area contributed by atoms with Crippen LogP contribution in [0.1, 0.15) is 5.01 Å². The van der Waals surface area contributed by atoms with E-state index in [1.807, 2.05) is 18.6 Å². The Balaban J connectivity index is 1.86. The van der Waals surface area contributed by atoms with Crippen LogP contribution >= 0.6 is 11.3 Å². The van der Waals surface area contributed by atoms with Gasteiger partial charge in [-0.15, -0.1) is 11.3 Å². The normalized spacial score (nSPS) is 10.5. The van der Waals surface area contributed by atoms with E-state index in [1.54, 1.807) is 22.2 Å². The van der Waals surface area contributed by atoms with E-state index in [2.05, 4.69) is 15.4 Å². The molecule has 6 heteroatoms. The molecular weight excluding hydrogens is 210 g/mol. The number of hydrogen-bond donors (Lipinski definition) is 2. The zero-order chi connectivity index (χ0) is 10.7. The summed E-state index contributed by atoms with van der Waals surface area (Å²) in [4.78, 5) is 4.20. The van der Waals surface area contributed by atoms with Gasteiger partial charge in [0, 0.05) is 37.8 Å². The van der Waals surface area contributed by atoms with Crippen LogP contribution in [0.4, 0.5) is 11.5 Å². The number of nitrogens with one attached hydrogen (secondary N) is 1. The summed E-state index contributed by atoms with van der Waals surface area (Å²) in [7, 11) is 1.85. The number of nitrogens with two attached hydrogens (primary N) is 1. The highest BCUT2D eigenvalue weighted by Crippen LogP contribution is 2.14. The van der Waals surface area contributed by atoms with Gasteiger partial charge in [-0.1, -0.05) is 0 Å². The number of hydrogen-bond acceptors (Lipinski definition) is 5. The Hall–Kier alpha value is -1.56. The molecule has 0 aliphatic rings. The van der Waals surface area contributed by atoms with Crippen molar-refractivity contribution in [1.82, 2.24) is 14.8 Å². The Labute approximate surface area is 91.9 Å². The minimum atomic E-state index is 0.677. The fourth-order valence-electron chi connectivity index (χ4n) is 1.31. The zero-order valence-corrected chi connectivity index (χ0v) is 9.29. The molecule has 0 atom stereocenters. The zero-order valence-electron chi connectivity index (χ0n) is 8.47. The average Bonchev–Trinajstić information content (AvgIpc) is 2.77. The van der Waals surface area contributed by atoms with E-state index >= 15 is 0 Å². The third-order valence-corrected chi connectivity index (χ3v) is 2.81. The lowest BCUT2D eigenvalue weighted by Gasteiger charge is -2.01. The predicted molar refractivity (Wildman–Crippen MR) is 61.9 cm³/mol. The van der Waals surface area contributed by atoms with Crippen molar-refractivity contribution in [2.75, 3.05) is 17.6 Å². The lowest BCUT2D eigenvalue weighted by atomic mass is 10.4. The average molecular weight is 223 g/mol. The molecule has 0 bridgehead atoms. The maximum atomic E-state index is 5.74. The minimum Gasteiger partial charge on any atom is -0.394 e. The van der Waals surface area contributed by atoms with Crippen LogP contribution in [-0.4, -0.2) is 21.3 Å². The van der Waals surface area contributed by atoms with Crippen molar-refractivity contribution >= 4 is 22.8 Å². The molecule has 0 unspecified atom stereocenters. The van der Waals surface area contributed by atoms with E-state index in [-0.39, 0.29) is 0 Å². The lowest BCUT2D eigenvalue weighted by molar-refractivity contribution is 0.768. The van der Waals surface area contributed by atoms with Crippen LogP contribution in [-0.2, 0) is 13.5 Å². The standard InChI is InChI=1S/C9H13N5S/c1-14-6-7(10)9(13-14)12-3-2-8-11-4-5-15-8/h4-6H,2-3,10H2,1H3,(H,12,13). The Morgan fingerprint density at radius 1 is 1.60 bits per heavy atom. The lowest BCUT2D eigenvalue weighted by Crippen LogP contribution is -2.06. The van der Waals surface area contributed by atoms with Gasteiger partial charge >= 0.3 is 0 Å². The Morgan fingerprint density at radius 2 is 2.47 bits per heavy atom. The number of nitrogens with zero attached hydrogens (tertiary/aromatic N) is 3. The van der Waals surface area contributed by atoms with Crippen LogP contribution in [0.5, 0.6) is 0 Å². The molecule has 0 aliphatic carbocycles. The van der Waals surface area contributed by atoms with Crippen LogP contribution in [0.25, 0.3) is 0 Å². The number of nitrogen functional groups attached to an aromatic ring is 1. The molecule has 15 heavy (non-hydrogen) atoms. The molecular formula is C9H13N5S. The van der Waals surface area contributed by atoms with Crippen molar-refractivity contribution in [3.05, 3.63) is 22.8 Å². The first kappa shape index (κ1) is 9.97. The van der Waals surface area contributed by atoms with Gasteiger partial charge in [-0.2, -0.15) is 5.10 Å². The first-order valence-electron chi connectivity index (χ1n) is 4.67. The van der Waals surface area contributed by atoms with Crippen molar-refractivity contribution in [2.24, 2.45) is 7.05 Å². The van der Waals surface area contributed by atoms with Crippen LogP contribution < -0.4 is 11.1 Å². The number of aromatic nitrogens is 3. The van der Waals surface area contributed by atoms with Crippen LogP contribution in [0.15, 0.2) is 17.8 Å². The van der Waals surface area contributed by atoms with Gasteiger partial charge in [0.05, 0.1) is 10.7 Å². The quantitative estimate of drug-likeness (QED) is 0.814. The van der Waals surface area contributed by atoms with Gasteiger partial charge in [0.2, 0.25) is 0 Å². The van der Waals surface area contributed by atoms with E-state index in [0.29, 0.717) is 5.69 Å². The maximum absolute atomic E-state index is 5.74. The molecule has 0 fully saturated rings. The summed E-state index contributed by atoms with van der Waals surface area (Å²) in [6, 6.07) is 0. The second-order valence-corrected chi connectivity index (χ2v) is 4.19. The fraction of sp³-hybridized carbons (Fsp3) is 0.333. The van der Waals surface area contributed by atoms with Gasteiger partial charge in [-0.3, -0.25) is 4.68 Å². The first-order chi connectivity index (χ1) is 7.25. The topological polar surface area (TPSA) is 68.8 Å². The number of rotatable bonds is 4. The van der Waals surface area contributed by atoms with Gasteiger partial charge in [-0.25, -0.2) is 4.98 Å². The molecule has 0 saturated carbocycles. The van der Waals surface area contributed by atoms with Crippen molar-refractivity contribution in [1.29, 1.82) is 0 Å². The Bertz CT molecular complexity index is 420. The summed E-state index contributed by atoms with van der Waals surface area (Å²) in [6.07, 6.45) is 4.49. The number of thiazole rings is 1. The third-order valence-electron chi connectivity index (χ3n) is 1.97. The molecule has 2 rings (SSSR count). The third kappa shape index (κ3) is 2.47. The maximum Gasteiger partial charge on any atom is 0.171 e. The van der Waals surface area contributed by atoms with Crippen LogP contribution in [0.3, 0.4) is 0 Å². The van der Waals surface area contributed by atoms with E-state index in [4.69, 9.17) is 5.73 Å². The van der Waals surface area contributed by atoms with Gasteiger partial charge in [0.15, 0.2) is 5.82 Å². The molecule has 0 radical (unpaired) electrons. The smallest absolute Gasteiger partial charge is 0.171 e. The van der Waals surface area contributed by atoms with Gasteiger partial charge in [-0.05, 0) is 0 Å². The molecule has 5 nitrogen and oxygen atoms in total. The Morgan fingerprint density at radius 3 is 3.07 bits per heavy atom. The van der Waals surface area contributed by atoms with Gasteiger partial charge in [0.1, 0.15) is 0 Å². The molecule has 2 heterocycles. The second-order valence-electron chi connectivity index (χ2n) is 3.21. The highest BCUT2D eigenvalue weighted by atomic mass is 32.1. The molecule has 80 valence electrons. The molecule has 2 aromatic heterocycles. The summed E-state index contributed by atoms with van der Waals surface area (Å²) < 4.78 is 1.70. The molecule has 0 aromatic carbocycles. The highest BCUT2D eigenvalue weighted by Gasteiger charge is 2.03. The van der Waals surface area contributed by atoms with Crippen LogP contribution in [0.2, 0.25) is 0 Å². The summed E-state index contributed by atoms with van der Waals surface area (Å²) in [6.45, 7) is 0.800. The fourth-order valence-corrected chi connectivity index (χ4v) is 1.93. The molecule has 3 N–H and O–H groups in total. The van der Waals surface area contributed by atoms with E-state index < -0.39 is 0 Å². The van der Waals surface area contributed by atoms with Crippen molar-refractivity contribution in [3.63, 3.8) is 0 Å². The summed E-state index contributed by atoms with van der Waals surface area (Å²) >= 11 is 1.66. The molecule has 0 aliphatic heterocycles. The largest absolute Gasteiger partial charge is 0.394 e. The van der Waals surface area contributed by atoms with Crippen molar-refractivity contribution in [3.8, 4) is 0 Å². The second kappa shape index (κ2) is 4.31. The number of anilines is 2. The van der Waals surface area contributed by atoms with Gasteiger partial charge in [0.25, 0.3) is 0 Å². The molecule has 0 saturated heterocycles. The summed E-state index contributed by atoms with van der Waals surface area (Å²) in [5.41, 5.74) is 6.42. The van der Waals surface area contributed by atoms with E-state index in [0.717, 1.165) is 23.8 Å². The number of aryl methyl sites for hydroxylation is 1. The van der Waals surface area contributed by atoms with Gasteiger partial charge < -0.3 is 11.1 Å². The van der Waals surface area contributed by atoms with Crippen molar-refractivity contribution in [2.45, 2.75) is 6.42 Å². The SMILES string of the molecule is Cn1cc(N)c(NCCc2nccs2)n1. The predicted octanol–water partition coefficient (Wildman–Crippen LogP) is 1.11. The van der Waals surface area contributed by atoms with E-state index in [1.165, 1.54) is 0 Å². The summed E-state index contributed by atoms with van der Waals surface area (Å²) in [5, 5.41) is 10.5. The molecule has 2 aromatic rings. The van der Waals surface area contributed by atoms with Crippen LogP contribution in [0, 0.1) is 0 Å². The highest BCUT2D eigenvalue weighted by molar-refractivity contribution is 7.09. The molecule has 0 amide bonds. The Kier molecular flexibility index (Phi) is 2.86. The van der Waals surface area contributed by atoms with E-state index in [9.17, 15) is 0 Å². The molecule has 0 spiro atoms. The van der Waals surface area contributed by atoms with Crippen molar-refractivity contribution < 1.29 is 0 Å².